The Balaban J connectivity index is 2.46. The second-order valence-corrected chi connectivity index (χ2v) is 6.63. The Morgan fingerprint density at radius 3 is 2.53 bits per heavy atom. The Labute approximate surface area is 119 Å². The number of rotatable bonds is 5. The minimum Gasteiger partial charge on any atom is -0.497 e. The van der Waals surface area contributed by atoms with Gasteiger partial charge in [-0.05, 0) is 35.1 Å². The van der Waals surface area contributed by atoms with Crippen LogP contribution in [0.1, 0.15) is 44.1 Å². The molecule has 0 unspecified atom stereocenters. The summed E-state index contributed by atoms with van der Waals surface area (Å²) in [6, 6.07) is 6.91. The van der Waals surface area contributed by atoms with Crippen molar-refractivity contribution in [2.45, 2.75) is 46.2 Å². The van der Waals surface area contributed by atoms with Crippen molar-refractivity contribution in [1.82, 2.24) is 5.32 Å². The van der Waals surface area contributed by atoms with E-state index >= 15 is 0 Å². The maximum Gasteiger partial charge on any atom is 0.120 e. The zero-order chi connectivity index (χ0) is 14.0. The molecule has 1 aromatic heterocycles. The van der Waals surface area contributed by atoms with Gasteiger partial charge >= 0.3 is 0 Å². The number of thiophene rings is 1. The van der Waals surface area contributed by atoms with Crippen molar-refractivity contribution in [1.29, 1.82) is 0 Å². The summed E-state index contributed by atoms with van der Waals surface area (Å²) in [5.74, 6) is 1.48. The molecule has 0 bridgehead atoms. The number of ether oxygens (including phenoxy) is 1. The van der Waals surface area contributed by atoms with E-state index in [9.17, 15) is 0 Å². The van der Waals surface area contributed by atoms with Gasteiger partial charge in [-0.15, -0.1) is 11.3 Å². The summed E-state index contributed by atoms with van der Waals surface area (Å²) < 4.78 is 6.64. The first kappa shape index (κ1) is 14.4. The van der Waals surface area contributed by atoms with Crippen LogP contribution in [-0.2, 0) is 6.54 Å². The maximum absolute atomic E-state index is 5.32. The molecular formula is C16H23NOS. The molecule has 19 heavy (non-hydrogen) atoms. The topological polar surface area (TPSA) is 21.3 Å². The van der Waals surface area contributed by atoms with Gasteiger partial charge in [0.15, 0.2) is 0 Å². The zero-order valence-electron chi connectivity index (χ0n) is 12.4. The maximum atomic E-state index is 5.32. The Kier molecular flexibility index (Phi) is 4.48. The van der Waals surface area contributed by atoms with Gasteiger partial charge in [0.05, 0.1) is 7.11 Å². The Bertz CT molecular complexity index is 557. The smallest absolute Gasteiger partial charge is 0.120 e. The third-order valence-electron chi connectivity index (χ3n) is 3.26. The Morgan fingerprint density at radius 2 is 1.95 bits per heavy atom. The average molecular weight is 277 g/mol. The molecule has 2 aromatic rings. The highest BCUT2D eigenvalue weighted by molar-refractivity contribution is 7.19. The van der Waals surface area contributed by atoms with Crippen LogP contribution in [0, 0.1) is 0 Å². The van der Waals surface area contributed by atoms with Crippen LogP contribution in [0.2, 0.25) is 0 Å². The molecule has 0 aliphatic carbocycles. The van der Waals surface area contributed by atoms with Crippen molar-refractivity contribution >= 4 is 21.4 Å². The molecule has 0 aliphatic heterocycles. The zero-order valence-corrected chi connectivity index (χ0v) is 13.2. The van der Waals surface area contributed by atoms with Crippen LogP contribution >= 0.6 is 11.3 Å². The number of benzene rings is 1. The molecule has 1 N–H and O–H groups in total. The van der Waals surface area contributed by atoms with Crippen LogP contribution in [0.3, 0.4) is 0 Å². The van der Waals surface area contributed by atoms with Crippen LogP contribution in [0.4, 0.5) is 0 Å². The van der Waals surface area contributed by atoms with Crippen molar-refractivity contribution < 1.29 is 4.74 Å². The third kappa shape index (κ3) is 3.10. The van der Waals surface area contributed by atoms with E-state index in [1.54, 1.807) is 7.11 Å². The van der Waals surface area contributed by atoms with Crippen LogP contribution in [-0.4, -0.2) is 13.2 Å². The molecule has 2 nitrogen and oxygen atoms in total. The lowest BCUT2D eigenvalue weighted by atomic mass is 9.99. The van der Waals surface area contributed by atoms with E-state index in [-0.39, 0.29) is 0 Å². The first-order valence-corrected chi connectivity index (χ1v) is 7.67. The Morgan fingerprint density at radius 1 is 1.21 bits per heavy atom. The highest BCUT2D eigenvalue weighted by Crippen LogP contribution is 2.37. The lowest BCUT2D eigenvalue weighted by Gasteiger charge is -2.11. The van der Waals surface area contributed by atoms with Crippen LogP contribution in [0.5, 0.6) is 5.75 Å². The fourth-order valence-electron chi connectivity index (χ4n) is 2.34. The van der Waals surface area contributed by atoms with Gasteiger partial charge in [0, 0.05) is 22.2 Å². The van der Waals surface area contributed by atoms with Gasteiger partial charge in [-0.1, -0.05) is 27.7 Å². The molecule has 104 valence electrons. The lowest BCUT2D eigenvalue weighted by Crippen LogP contribution is -2.21. The molecule has 1 heterocycles. The molecule has 0 fully saturated rings. The van der Waals surface area contributed by atoms with Gasteiger partial charge in [-0.2, -0.15) is 0 Å². The number of hydrogen-bond donors (Lipinski definition) is 1. The van der Waals surface area contributed by atoms with Crippen molar-refractivity contribution in [3.63, 3.8) is 0 Å². The normalized spacial score (nSPS) is 11.7. The minimum absolute atomic E-state index is 0.514. The minimum atomic E-state index is 0.514. The summed E-state index contributed by atoms with van der Waals surface area (Å²) in [6.45, 7) is 9.86. The molecule has 0 saturated carbocycles. The van der Waals surface area contributed by atoms with Gasteiger partial charge in [0.1, 0.15) is 5.75 Å². The van der Waals surface area contributed by atoms with E-state index in [4.69, 9.17) is 4.74 Å². The third-order valence-corrected chi connectivity index (χ3v) is 4.43. The van der Waals surface area contributed by atoms with Gasteiger partial charge in [0.2, 0.25) is 0 Å². The molecule has 0 atom stereocenters. The van der Waals surface area contributed by atoms with Gasteiger partial charge < -0.3 is 10.1 Å². The molecule has 0 saturated heterocycles. The first-order valence-electron chi connectivity index (χ1n) is 6.85. The van der Waals surface area contributed by atoms with Crippen molar-refractivity contribution in [2.24, 2.45) is 0 Å². The predicted octanol–water partition coefficient (Wildman–Crippen LogP) is 4.53. The van der Waals surface area contributed by atoms with Crippen LogP contribution < -0.4 is 10.1 Å². The summed E-state index contributed by atoms with van der Waals surface area (Å²) in [4.78, 5) is 1.45. The molecular weight excluding hydrogens is 254 g/mol. The number of methoxy groups -OCH3 is 1. The van der Waals surface area contributed by atoms with E-state index in [1.807, 2.05) is 11.3 Å². The van der Waals surface area contributed by atoms with Gasteiger partial charge in [-0.25, -0.2) is 0 Å². The molecule has 0 aliphatic rings. The molecule has 3 heteroatoms. The molecule has 1 aromatic carbocycles. The number of hydrogen-bond acceptors (Lipinski definition) is 3. The summed E-state index contributed by atoms with van der Waals surface area (Å²) in [6.07, 6.45) is 0. The summed E-state index contributed by atoms with van der Waals surface area (Å²) in [5, 5.41) is 4.90. The number of nitrogens with one attached hydrogen (secondary N) is 1. The molecule has 0 amide bonds. The van der Waals surface area contributed by atoms with E-state index in [0.717, 1.165) is 12.3 Å². The van der Waals surface area contributed by atoms with Crippen molar-refractivity contribution in [3.8, 4) is 5.75 Å². The quantitative estimate of drug-likeness (QED) is 0.867. The summed E-state index contributed by atoms with van der Waals surface area (Å²) in [7, 11) is 1.72. The molecule has 0 spiro atoms. The van der Waals surface area contributed by atoms with E-state index in [1.165, 1.54) is 20.5 Å². The number of fused-ring (bicyclic) bond motifs is 1. The standard InChI is InChI=1S/C16H23NOS/c1-10(2)16-13-7-6-12(18-5)8-14(13)19-15(16)9-17-11(3)4/h6-8,10-11,17H,9H2,1-5H3. The van der Waals surface area contributed by atoms with E-state index in [0.29, 0.717) is 12.0 Å². The second-order valence-electron chi connectivity index (χ2n) is 5.49. The van der Waals surface area contributed by atoms with E-state index in [2.05, 4.69) is 51.2 Å². The largest absolute Gasteiger partial charge is 0.497 e. The molecule has 2 rings (SSSR count). The van der Waals surface area contributed by atoms with Crippen molar-refractivity contribution in [2.75, 3.05) is 7.11 Å². The highest BCUT2D eigenvalue weighted by Gasteiger charge is 2.15. The monoisotopic (exact) mass is 277 g/mol. The lowest BCUT2D eigenvalue weighted by molar-refractivity contribution is 0.415. The second kappa shape index (κ2) is 5.93. The average Bonchev–Trinajstić information content (AvgIpc) is 2.73. The van der Waals surface area contributed by atoms with Gasteiger partial charge in [-0.3, -0.25) is 0 Å². The van der Waals surface area contributed by atoms with Crippen LogP contribution in [0.25, 0.3) is 10.1 Å². The first-order chi connectivity index (χ1) is 9.02. The fourth-order valence-corrected chi connectivity index (χ4v) is 3.68. The van der Waals surface area contributed by atoms with Crippen molar-refractivity contribution in [3.05, 3.63) is 28.6 Å². The SMILES string of the molecule is COc1ccc2c(C(C)C)c(CNC(C)C)sc2c1. The highest BCUT2D eigenvalue weighted by atomic mass is 32.1. The van der Waals surface area contributed by atoms with Gasteiger partial charge in [0.25, 0.3) is 0 Å². The fraction of sp³-hybridized carbons (Fsp3) is 0.500. The molecule has 0 radical (unpaired) electrons. The Hall–Kier alpha value is -1.06. The van der Waals surface area contributed by atoms with E-state index < -0.39 is 0 Å². The summed E-state index contributed by atoms with van der Waals surface area (Å²) in [5.41, 5.74) is 1.48. The summed E-state index contributed by atoms with van der Waals surface area (Å²) >= 11 is 1.88. The predicted molar refractivity (Wildman–Crippen MR) is 84.4 cm³/mol. The van der Waals surface area contributed by atoms with Crippen LogP contribution in [0.15, 0.2) is 18.2 Å².